The predicted molar refractivity (Wildman–Crippen MR) is 95.2 cm³/mol. The monoisotopic (exact) mass is 326 g/mol. The van der Waals surface area contributed by atoms with Crippen LogP contribution in [0.4, 0.5) is 5.00 Å². The highest BCUT2D eigenvalue weighted by Gasteiger charge is 2.32. The lowest BCUT2D eigenvalue weighted by atomic mass is 9.88. The molecular formula is C19H22N2OS. The van der Waals surface area contributed by atoms with Crippen molar-refractivity contribution in [1.29, 1.82) is 0 Å². The first kappa shape index (κ1) is 14.8. The first-order valence-corrected chi connectivity index (χ1v) is 9.28. The molecule has 2 aliphatic rings. The van der Waals surface area contributed by atoms with Gasteiger partial charge in [-0.3, -0.25) is 4.79 Å². The highest BCUT2D eigenvalue weighted by atomic mass is 32.1. The summed E-state index contributed by atoms with van der Waals surface area (Å²) in [5.74, 6) is 0.804. The molecule has 2 heterocycles. The number of thiophene rings is 1. The Balaban J connectivity index is 1.65. The summed E-state index contributed by atoms with van der Waals surface area (Å²) >= 11 is 1.78. The Hall–Kier alpha value is -1.81. The molecule has 1 amide bonds. The summed E-state index contributed by atoms with van der Waals surface area (Å²) in [4.78, 5) is 14.1. The lowest BCUT2D eigenvalue weighted by molar-refractivity contribution is 0.0935. The Labute approximate surface area is 141 Å². The van der Waals surface area contributed by atoms with Gasteiger partial charge in [-0.15, -0.1) is 11.3 Å². The summed E-state index contributed by atoms with van der Waals surface area (Å²) in [5, 5.41) is 7.72. The predicted octanol–water partition coefficient (Wildman–Crippen LogP) is 4.29. The van der Waals surface area contributed by atoms with E-state index in [0.717, 1.165) is 41.3 Å². The summed E-state index contributed by atoms with van der Waals surface area (Å²) in [6.07, 6.45) is 4.24. The zero-order valence-corrected chi connectivity index (χ0v) is 14.4. The van der Waals surface area contributed by atoms with Crippen LogP contribution in [0.3, 0.4) is 0 Å². The molecule has 1 aliphatic heterocycles. The van der Waals surface area contributed by atoms with Crippen molar-refractivity contribution in [2.75, 3.05) is 5.32 Å². The largest absolute Gasteiger partial charge is 0.353 e. The third-order valence-corrected chi connectivity index (χ3v) is 6.20. The molecule has 23 heavy (non-hydrogen) atoms. The fourth-order valence-electron chi connectivity index (χ4n) is 3.58. The zero-order chi connectivity index (χ0) is 16.0. The van der Waals surface area contributed by atoms with Gasteiger partial charge in [0.15, 0.2) is 0 Å². The van der Waals surface area contributed by atoms with Gasteiger partial charge in [-0.2, -0.15) is 0 Å². The molecule has 2 atom stereocenters. The number of rotatable bonds is 2. The Kier molecular flexibility index (Phi) is 3.64. The number of benzene rings is 1. The minimum atomic E-state index is -0.126. The summed E-state index contributed by atoms with van der Waals surface area (Å²) in [5.41, 5.74) is 4.62. The Morgan fingerprint density at radius 1 is 1.22 bits per heavy atom. The first-order valence-electron chi connectivity index (χ1n) is 8.46. The molecule has 0 unspecified atom stereocenters. The van der Waals surface area contributed by atoms with Gasteiger partial charge in [0.1, 0.15) is 11.2 Å². The van der Waals surface area contributed by atoms with Gasteiger partial charge in [0.25, 0.3) is 5.91 Å². The fourth-order valence-corrected chi connectivity index (χ4v) is 5.01. The standard InChI is InChI=1S/C19H22N2OS/c1-3-12-5-7-13(8-6-12)17-20-18(22)16-14-9-4-11(2)10-15(14)23-19(16)21-17/h5-8,11,17,21H,3-4,9-10H2,1-2H3,(H,20,22)/t11-,17-/m0/s1. The number of fused-ring (bicyclic) bond motifs is 3. The van der Waals surface area contributed by atoms with Crippen LogP contribution in [-0.4, -0.2) is 5.91 Å². The Morgan fingerprint density at radius 2 is 2.00 bits per heavy atom. The van der Waals surface area contributed by atoms with E-state index < -0.39 is 0 Å². The number of amides is 1. The van der Waals surface area contributed by atoms with E-state index in [1.807, 2.05) is 0 Å². The van der Waals surface area contributed by atoms with Crippen molar-refractivity contribution in [3.05, 3.63) is 51.4 Å². The van der Waals surface area contributed by atoms with E-state index in [9.17, 15) is 4.79 Å². The van der Waals surface area contributed by atoms with Crippen LogP contribution in [0.25, 0.3) is 0 Å². The van der Waals surface area contributed by atoms with Gasteiger partial charge in [0, 0.05) is 4.88 Å². The number of aryl methyl sites for hydroxylation is 1. The number of carbonyl (C=O) groups excluding carboxylic acids is 1. The topological polar surface area (TPSA) is 41.1 Å². The minimum Gasteiger partial charge on any atom is -0.353 e. The van der Waals surface area contributed by atoms with Crippen LogP contribution >= 0.6 is 11.3 Å². The molecular weight excluding hydrogens is 304 g/mol. The molecule has 1 aliphatic carbocycles. The lowest BCUT2D eigenvalue weighted by Gasteiger charge is -2.27. The Morgan fingerprint density at radius 3 is 2.74 bits per heavy atom. The number of hydrogen-bond donors (Lipinski definition) is 2. The van der Waals surface area contributed by atoms with E-state index in [-0.39, 0.29) is 12.1 Å². The third kappa shape index (κ3) is 2.55. The Bertz CT molecular complexity index is 747. The maximum atomic E-state index is 12.7. The summed E-state index contributed by atoms with van der Waals surface area (Å²) in [6, 6.07) is 8.49. The van der Waals surface area contributed by atoms with E-state index >= 15 is 0 Å². The van der Waals surface area contributed by atoms with Gasteiger partial charge in [-0.25, -0.2) is 0 Å². The number of hydrogen-bond acceptors (Lipinski definition) is 3. The molecule has 3 nitrogen and oxygen atoms in total. The molecule has 0 bridgehead atoms. The van der Waals surface area contributed by atoms with Crippen LogP contribution < -0.4 is 10.6 Å². The third-order valence-electron chi connectivity index (χ3n) is 5.01. The molecule has 1 aromatic heterocycles. The van der Waals surface area contributed by atoms with Gasteiger partial charge >= 0.3 is 0 Å². The highest BCUT2D eigenvalue weighted by molar-refractivity contribution is 7.16. The van der Waals surface area contributed by atoms with Crippen molar-refractivity contribution in [3.8, 4) is 0 Å². The zero-order valence-electron chi connectivity index (χ0n) is 13.6. The maximum Gasteiger partial charge on any atom is 0.256 e. The van der Waals surface area contributed by atoms with Gasteiger partial charge < -0.3 is 10.6 Å². The van der Waals surface area contributed by atoms with Gasteiger partial charge in [-0.05, 0) is 48.3 Å². The van der Waals surface area contributed by atoms with Crippen molar-refractivity contribution in [2.45, 2.75) is 45.7 Å². The van der Waals surface area contributed by atoms with E-state index in [1.54, 1.807) is 11.3 Å². The normalized spacial score (nSPS) is 22.8. The van der Waals surface area contributed by atoms with Gasteiger partial charge in [-0.1, -0.05) is 38.1 Å². The smallest absolute Gasteiger partial charge is 0.256 e. The lowest BCUT2D eigenvalue weighted by Crippen LogP contribution is -2.38. The molecule has 0 saturated carbocycles. The van der Waals surface area contributed by atoms with Crippen LogP contribution in [0.2, 0.25) is 0 Å². The molecule has 4 rings (SSSR count). The van der Waals surface area contributed by atoms with Gasteiger partial charge in [0.05, 0.1) is 5.56 Å². The second kappa shape index (κ2) is 5.68. The molecule has 1 aromatic carbocycles. The highest BCUT2D eigenvalue weighted by Crippen LogP contribution is 2.42. The summed E-state index contributed by atoms with van der Waals surface area (Å²) in [7, 11) is 0. The molecule has 120 valence electrons. The van der Waals surface area contributed by atoms with Crippen molar-refractivity contribution >= 4 is 22.2 Å². The SMILES string of the molecule is CCc1ccc([C@H]2NC(=O)c3c(sc4c3CC[C@H](C)C4)N2)cc1. The van der Waals surface area contributed by atoms with Crippen LogP contribution in [0, 0.1) is 5.92 Å². The van der Waals surface area contributed by atoms with Crippen LogP contribution in [0.1, 0.15) is 58.4 Å². The van der Waals surface area contributed by atoms with Crippen molar-refractivity contribution in [1.82, 2.24) is 5.32 Å². The molecule has 2 aromatic rings. The second-order valence-electron chi connectivity index (χ2n) is 6.70. The van der Waals surface area contributed by atoms with E-state index in [4.69, 9.17) is 0 Å². The fraction of sp³-hybridized carbons (Fsp3) is 0.421. The second-order valence-corrected chi connectivity index (χ2v) is 7.81. The summed E-state index contributed by atoms with van der Waals surface area (Å²) in [6.45, 7) is 4.45. The molecule has 4 heteroatoms. The van der Waals surface area contributed by atoms with Crippen molar-refractivity contribution < 1.29 is 4.79 Å². The average molecular weight is 326 g/mol. The first-order chi connectivity index (χ1) is 11.2. The van der Waals surface area contributed by atoms with E-state index in [0.29, 0.717) is 0 Å². The van der Waals surface area contributed by atoms with Crippen LogP contribution in [0.15, 0.2) is 24.3 Å². The van der Waals surface area contributed by atoms with Crippen LogP contribution in [-0.2, 0) is 19.3 Å². The molecule has 0 radical (unpaired) electrons. The summed E-state index contributed by atoms with van der Waals surface area (Å²) < 4.78 is 0. The quantitative estimate of drug-likeness (QED) is 0.864. The van der Waals surface area contributed by atoms with Gasteiger partial charge in [0.2, 0.25) is 0 Å². The number of nitrogens with one attached hydrogen (secondary N) is 2. The van der Waals surface area contributed by atoms with E-state index in [1.165, 1.54) is 22.4 Å². The molecule has 0 spiro atoms. The molecule has 2 N–H and O–H groups in total. The minimum absolute atomic E-state index is 0.0790. The number of anilines is 1. The number of carbonyl (C=O) groups is 1. The maximum absolute atomic E-state index is 12.7. The average Bonchev–Trinajstić information content (AvgIpc) is 2.92. The van der Waals surface area contributed by atoms with E-state index in [2.05, 4.69) is 48.7 Å². The molecule has 0 fully saturated rings. The van der Waals surface area contributed by atoms with Crippen LogP contribution in [0.5, 0.6) is 0 Å². The van der Waals surface area contributed by atoms with Crippen molar-refractivity contribution in [3.63, 3.8) is 0 Å². The van der Waals surface area contributed by atoms with Crippen molar-refractivity contribution in [2.24, 2.45) is 5.92 Å². The molecule has 0 saturated heterocycles.